The lowest BCUT2D eigenvalue weighted by molar-refractivity contribution is 0.600. The molecule has 0 amide bonds. The van der Waals surface area contributed by atoms with E-state index in [0.29, 0.717) is 21.5 Å². The molecule has 7 heteroatoms. The summed E-state index contributed by atoms with van der Waals surface area (Å²) >= 11 is 3.27. The summed E-state index contributed by atoms with van der Waals surface area (Å²) in [6.07, 6.45) is 1.47. The lowest BCUT2D eigenvalue weighted by Crippen LogP contribution is -2.15. The zero-order valence-corrected chi connectivity index (χ0v) is 13.2. The van der Waals surface area contributed by atoms with Crippen molar-refractivity contribution in [2.75, 3.05) is 10.5 Å². The standard InChI is InChI=1S/C13H14BrN3O2S/c1-9-5-12(7-16-13(9)14)17-20(18,19)8-10-3-2-4-11(15)6-10/h2-7,17H,8,15H2,1H3. The van der Waals surface area contributed by atoms with Gasteiger partial charge in [0.25, 0.3) is 0 Å². The Morgan fingerprint density at radius 1 is 1.35 bits per heavy atom. The van der Waals surface area contributed by atoms with Gasteiger partial charge in [0.1, 0.15) is 4.60 Å². The third kappa shape index (κ3) is 3.94. The van der Waals surface area contributed by atoms with Gasteiger partial charge in [0, 0.05) is 5.69 Å². The van der Waals surface area contributed by atoms with Crippen LogP contribution >= 0.6 is 15.9 Å². The molecule has 0 saturated heterocycles. The maximum Gasteiger partial charge on any atom is 0.236 e. The molecule has 1 aromatic heterocycles. The Labute approximate surface area is 126 Å². The normalized spacial score (nSPS) is 11.3. The second-order valence-electron chi connectivity index (χ2n) is 4.44. The molecule has 1 aromatic carbocycles. The zero-order valence-electron chi connectivity index (χ0n) is 10.8. The minimum absolute atomic E-state index is 0.132. The van der Waals surface area contributed by atoms with Gasteiger partial charge in [-0.15, -0.1) is 0 Å². The highest BCUT2D eigenvalue weighted by Crippen LogP contribution is 2.19. The number of rotatable bonds is 4. The van der Waals surface area contributed by atoms with Gasteiger partial charge in [-0.3, -0.25) is 4.72 Å². The molecule has 0 atom stereocenters. The lowest BCUT2D eigenvalue weighted by atomic mass is 10.2. The van der Waals surface area contributed by atoms with Crippen LogP contribution in [0, 0.1) is 6.92 Å². The fourth-order valence-electron chi connectivity index (χ4n) is 1.73. The largest absolute Gasteiger partial charge is 0.399 e. The van der Waals surface area contributed by atoms with E-state index in [1.807, 2.05) is 6.92 Å². The van der Waals surface area contributed by atoms with Crippen molar-refractivity contribution in [1.82, 2.24) is 4.98 Å². The number of hydrogen-bond acceptors (Lipinski definition) is 4. The molecule has 5 nitrogen and oxygen atoms in total. The van der Waals surface area contributed by atoms with E-state index in [9.17, 15) is 8.42 Å². The predicted octanol–water partition coefficient (Wildman–Crippen LogP) is 2.68. The summed E-state index contributed by atoms with van der Waals surface area (Å²) in [6.45, 7) is 1.84. The molecule has 0 saturated carbocycles. The van der Waals surface area contributed by atoms with Crippen LogP contribution in [0.25, 0.3) is 0 Å². The van der Waals surface area contributed by atoms with Gasteiger partial charge in [0.2, 0.25) is 10.0 Å². The van der Waals surface area contributed by atoms with Crippen LogP contribution in [0.2, 0.25) is 0 Å². The number of nitrogens with zero attached hydrogens (tertiary/aromatic N) is 1. The Balaban J connectivity index is 2.17. The van der Waals surface area contributed by atoms with E-state index in [-0.39, 0.29) is 5.75 Å². The second-order valence-corrected chi connectivity index (χ2v) is 6.91. The monoisotopic (exact) mass is 355 g/mol. The minimum atomic E-state index is -3.49. The molecular formula is C13H14BrN3O2S. The molecule has 0 fully saturated rings. The van der Waals surface area contributed by atoms with E-state index in [1.54, 1.807) is 30.3 Å². The molecule has 2 aromatic rings. The number of nitrogen functional groups attached to an aromatic ring is 1. The van der Waals surface area contributed by atoms with E-state index < -0.39 is 10.0 Å². The average Bonchev–Trinajstić information content (AvgIpc) is 2.33. The first-order valence-corrected chi connectivity index (χ1v) is 8.27. The number of aryl methyl sites for hydroxylation is 1. The molecule has 0 bridgehead atoms. The number of anilines is 2. The van der Waals surface area contributed by atoms with Crippen molar-refractivity contribution in [3.63, 3.8) is 0 Å². The number of nitrogens with two attached hydrogens (primary N) is 1. The Kier molecular flexibility index (Phi) is 4.29. The summed E-state index contributed by atoms with van der Waals surface area (Å²) in [6, 6.07) is 8.52. The first-order chi connectivity index (χ1) is 9.35. The maximum absolute atomic E-state index is 12.1. The van der Waals surface area contributed by atoms with Crippen LogP contribution in [-0.2, 0) is 15.8 Å². The van der Waals surface area contributed by atoms with E-state index in [0.717, 1.165) is 5.56 Å². The number of halogens is 1. The molecule has 2 rings (SSSR count). The quantitative estimate of drug-likeness (QED) is 0.652. The topological polar surface area (TPSA) is 85.1 Å². The number of hydrogen-bond donors (Lipinski definition) is 2. The van der Waals surface area contributed by atoms with Gasteiger partial charge >= 0.3 is 0 Å². The van der Waals surface area contributed by atoms with Crippen LogP contribution in [0.3, 0.4) is 0 Å². The van der Waals surface area contributed by atoms with Gasteiger partial charge in [-0.2, -0.15) is 0 Å². The number of nitrogens with one attached hydrogen (secondary N) is 1. The first kappa shape index (κ1) is 14.8. The van der Waals surface area contributed by atoms with Crippen LogP contribution in [0.15, 0.2) is 41.1 Å². The Morgan fingerprint density at radius 2 is 2.10 bits per heavy atom. The highest BCUT2D eigenvalue weighted by molar-refractivity contribution is 9.10. The molecule has 20 heavy (non-hydrogen) atoms. The molecule has 0 aliphatic carbocycles. The second kappa shape index (κ2) is 5.80. The molecule has 3 N–H and O–H groups in total. The molecule has 1 heterocycles. The summed E-state index contributed by atoms with van der Waals surface area (Å²) in [5.41, 5.74) is 8.11. The fraction of sp³-hybridized carbons (Fsp3) is 0.154. The Morgan fingerprint density at radius 3 is 2.75 bits per heavy atom. The van der Waals surface area contributed by atoms with Gasteiger partial charge < -0.3 is 5.73 Å². The summed E-state index contributed by atoms with van der Waals surface area (Å²) in [5, 5.41) is 0. The third-order valence-electron chi connectivity index (χ3n) is 2.60. The van der Waals surface area contributed by atoms with Crippen LogP contribution in [-0.4, -0.2) is 13.4 Å². The first-order valence-electron chi connectivity index (χ1n) is 5.83. The molecule has 0 radical (unpaired) electrons. The van der Waals surface area contributed by atoms with E-state index >= 15 is 0 Å². The smallest absolute Gasteiger partial charge is 0.236 e. The summed E-state index contributed by atoms with van der Waals surface area (Å²) in [7, 11) is -3.49. The van der Waals surface area contributed by atoms with Gasteiger partial charge in [-0.1, -0.05) is 12.1 Å². The van der Waals surface area contributed by atoms with Gasteiger partial charge in [-0.05, 0) is 52.2 Å². The molecule has 106 valence electrons. The van der Waals surface area contributed by atoms with Crippen molar-refractivity contribution in [2.24, 2.45) is 0 Å². The minimum Gasteiger partial charge on any atom is -0.399 e. The summed E-state index contributed by atoms with van der Waals surface area (Å²) in [4.78, 5) is 4.05. The molecular weight excluding hydrogens is 342 g/mol. The zero-order chi connectivity index (χ0) is 14.8. The van der Waals surface area contributed by atoms with E-state index in [2.05, 4.69) is 25.6 Å². The molecule has 0 aliphatic rings. The summed E-state index contributed by atoms with van der Waals surface area (Å²) in [5.74, 6) is -0.132. The maximum atomic E-state index is 12.1. The van der Waals surface area contributed by atoms with Crippen LogP contribution < -0.4 is 10.5 Å². The fourth-order valence-corrected chi connectivity index (χ4v) is 3.11. The van der Waals surface area contributed by atoms with Gasteiger partial charge in [0.05, 0.1) is 17.6 Å². The average molecular weight is 356 g/mol. The number of pyridine rings is 1. The Hall–Kier alpha value is -1.60. The van der Waals surface area contributed by atoms with Crippen LogP contribution in [0.4, 0.5) is 11.4 Å². The summed E-state index contributed by atoms with van der Waals surface area (Å²) < 4.78 is 27.4. The van der Waals surface area contributed by atoms with Crippen molar-refractivity contribution in [3.8, 4) is 0 Å². The lowest BCUT2D eigenvalue weighted by Gasteiger charge is -2.09. The van der Waals surface area contributed by atoms with Gasteiger partial charge in [0.15, 0.2) is 0 Å². The highest BCUT2D eigenvalue weighted by atomic mass is 79.9. The van der Waals surface area contributed by atoms with Crippen molar-refractivity contribution < 1.29 is 8.42 Å². The molecule has 0 spiro atoms. The van der Waals surface area contributed by atoms with Crippen molar-refractivity contribution in [1.29, 1.82) is 0 Å². The van der Waals surface area contributed by atoms with E-state index in [1.165, 1.54) is 6.20 Å². The molecule has 0 unspecified atom stereocenters. The predicted molar refractivity (Wildman–Crippen MR) is 83.8 cm³/mol. The molecule has 0 aliphatic heterocycles. The third-order valence-corrected chi connectivity index (χ3v) is 4.69. The van der Waals surface area contributed by atoms with Crippen molar-refractivity contribution in [3.05, 3.63) is 52.3 Å². The van der Waals surface area contributed by atoms with Gasteiger partial charge in [-0.25, -0.2) is 13.4 Å². The SMILES string of the molecule is Cc1cc(NS(=O)(=O)Cc2cccc(N)c2)cnc1Br. The van der Waals surface area contributed by atoms with Crippen molar-refractivity contribution in [2.45, 2.75) is 12.7 Å². The number of sulfonamides is 1. The van der Waals surface area contributed by atoms with Crippen LogP contribution in [0.1, 0.15) is 11.1 Å². The number of aromatic nitrogens is 1. The Bertz CT molecular complexity index is 732. The highest BCUT2D eigenvalue weighted by Gasteiger charge is 2.12. The number of benzene rings is 1. The van der Waals surface area contributed by atoms with E-state index in [4.69, 9.17) is 5.73 Å². The van der Waals surface area contributed by atoms with Crippen LogP contribution in [0.5, 0.6) is 0 Å². The van der Waals surface area contributed by atoms with Crippen molar-refractivity contribution >= 4 is 37.3 Å².